The lowest BCUT2D eigenvalue weighted by atomic mass is 10.3. The number of hydrogen-bond acceptors (Lipinski definition) is 5. The molecule has 0 aromatic heterocycles. The van der Waals surface area contributed by atoms with E-state index in [2.05, 4.69) is 0 Å². The number of carbonyl (C=O) groups is 1. The van der Waals surface area contributed by atoms with Crippen molar-refractivity contribution in [3.05, 3.63) is 0 Å². The van der Waals surface area contributed by atoms with E-state index in [-0.39, 0.29) is 5.97 Å². The summed E-state index contributed by atoms with van der Waals surface area (Å²) < 4.78 is 21.2. The molecule has 0 saturated carbocycles. The topological polar surface area (TPSA) is 52.6 Å². The number of esters is 1. The summed E-state index contributed by atoms with van der Waals surface area (Å²) in [5.41, 5.74) is 0. The lowest BCUT2D eigenvalue weighted by molar-refractivity contribution is -0.143. The van der Waals surface area contributed by atoms with Crippen molar-refractivity contribution in [1.82, 2.24) is 0 Å². The Morgan fingerprint density at radius 1 is 1.56 bits per heavy atom. The van der Waals surface area contributed by atoms with Gasteiger partial charge in [-0.25, -0.2) is 4.79 Å². The molecule has 0 aromatic carbocycles. The second kappa shape index (κ2) is 6.61. The van der Waals surface area contributed by atoms with Crippen LogP contribution in [0.15, 0.2) is 0 Å². The fourth-order valence-corrected chi connectivity index (χ4v) is 5.10. The maximum Gasteiger partial charge on any atom is 0.335 e. The smallest absolute Gasteiger partial charge is 0.335 e. The van der Waals surface area contributed by atoms with Gasteiger partial charge in [-0.1, -0.05) is 0 Å². The summed E-state index contributed by atoms with van der Waals surface area (Å²) in [6.45, 7) is 2.52. The van der Waals surface area contributed by atoms with Crippen molar-refractivity contribution in [1.29, 1.82) is 0 Å². The first-order chi connectivity index (χ1) is 7.67. The summed E-state index contributed by atoms with van der Waals surface area (Å²) in [6.07, 6.45) is 1.35. The average molecular weight is 266 g/mol. The SMILES string of the molecule is CCOC(=O)[C@@]1(CCOC)SCCC[S@@]1=O. The molecule has 0 bridgehead atoms. The minimum absolute atomic E-state index is 0.325. The molecule has 1 rings (SSSR count). The number of hydrogen-bond donors (Lipinski definition) is 0. The molecule has 0 unspecified atom stereocenters. The summed E-state index contributed by atoms with van der Waals surface area (Å²) in [7, 11) is 0.417. The average Bonchev–Trinajstić information content (AvgIpc) is 2.28. The van der Waals surface area contributed by atoms with E-state index in [1.165, 1.54) is 11.8 Å². The highest BCUT2D eigenvalue weighted by molar-refractivity contribution is 8.14. The molecular weight excluding hydrogens is 248 g/mol. The predicted molar refractivity (Wildman–Crippen MR) is 65.9 cm³/mol. The van der Waals surface area contributed by atoms with Crippen LogP contribution in [-0.2, 0) is 25.1 Å². The summed E-state index contributed by atoms with van der Waals surface area (Å²) in [6, 6.07) is 0. The summed E-state index contributed by atoms with van der Waals surface area (Å²) in [5, 5.41) is 0. The Morgan fingerprint density at radius 3 is 2.88 bits per heavy atom. The van der Waals surface area contributed by atoms with Gasteiger partial charge in [0.15, 0.2) is 4.08 Å². The van der Waals surface area contributed by atoms with Gasteiger partial charge in [0.2, 0.25) is 0 Å². The molecule has 1 heterocycles. The molecule has 1 saturated heterocycles. The van der Waals surface area contributed by atoms with E-state index in [1.807, 2.05) is 0 Å². The highest BCUT2D eigenvalue weighted by atomic mass is 32.2. The van der Waals surface area contributed by atoms with Crippen molar-refractivity contribution in [2.24, 2.45) is 0 Å². The molecule has 1 aliphatic rings. The van der Waals surface area contributed by atoms with Crippen molar-refractivity contribution in [3.63, 3.8) is 0 Å². The Kier molecular flexibility index (Phi) is 5.78. The van der Waals surface area contributed by atoms with E-state index >= 15 is 0 Å². The molecule has 0 radical (unpaired) electrons. The highest BCUT2D eigenvalue weighted by Crippen LogP contribution is 2.38. The number of thioether (sulfide) groups is 1. The fraction of sp³-hybridized carbons (Fsp3) is 0.900. The van der Waals surface area contributed by atoms with Crippen LogP contribution in [0.1, 0.15) is 19.8 Å². The minimum Gasteiger partial charge on any atom is -0.464 e. The zero-order valence-electron chi connectivity index (χ0n) is 9.69. The van der Waals surface area contributed by atoms with E-state index in [4.69, 9.17) is 9.47 Å². The summed E-state index contributed by atoms with van der Waals surface area (Å²) >= 11 is 1.45. The maximum atomic E-state index is 12.1. The Bertz CT molecular complexity index is 270. The minimum atomic E-state index is -1.16. The van der Waals surface area contributed by atoms with Gasteiger partial charge in [-0.15, -0.1) is 11.8 Å². The van der Waals surface area contributed by atoms with Crippen molar-refractivity contribution >= 4 is 28.5 Å². The van der Waals surface area contributed by atoms with Gasteiger partial charge in [0.1, 0.15) is 0 Å². The first-order valence-electron chi connectivity index (χ1n) is 5.36. The summed E-state index contributed by atoms with van der Waals surface area (Å²) in [4.78, 5) is 11.9. The molecule has 6 heteroatoms. The molecule has 94 valence electrons. The van der Waals surface area contributed by atoms with Crippen molar-refractivity contribution in [2.45, 2.75) is 23.8 Å². The Labute approximate surface area is 103 Å². The number of ether oxygens (including phenoxy) is 2. The van der Waals surface area contributed by atoms with Crippen LogP contribution in [0.4, 0.5) is 0 Å². The number of methoxy groups -OCH3 is 1. The van der Waals surface area contributed by atoms with Crippen molar-refractivity contribution in [3.8, 4) is 0 Å². The van der Waals surface area contributed by atoms with Crippen LogP contribution < -0.4 is 0 Å². The molecule has 0 N–H and O–H groups in total. The van der Waals surface area contributed by atoms with Gasteiger partial charge in [-0.2, -0.15) is 0 Å². The third kappa shape index (κ3) is 2.99. The normalized spacial score (nSPS) is 30.0. The van der Waals surface area contributed by atoms with Gasteiger partial charge >= 0.3 is 5.97 Å². The van der Waals surface area contributed by atoms with Crippen LogP contribution in [-0.4, -0.2) is 46.1 Å². The lowest BCUT2D eigenvalue weighted by Gasteiger charge is -2.32. The van der Waals surface area contributed by atoms with Crippen LogP contribution in [0.2, 0.25) is 0 Å². The van der Waals surface area contributed by atoms with Crippen LogP contribution in [0.3, 0.4) is 0 Å². The first-order valence-corrected chi connectivity index (χ1v) is 7.66. The predicted octanol–water partition coefficient (Wildman–Crippen LogP) is 1.17. The van der Waals surface area contributed by atoms with Gasteiger partial charge in [-0.05, 0) is 19.1 Å². The first kappa shape index (κ1) is 14.0. The zero-order valence-corrected chi connectivity index (χ0v) is 11.3. The molecule has 0 aromatic rings. The molecule has 0 amide bonds. The second-order valence-corrected chi connectivity index (χ2v) is 6.92. The Balaban J connectivity index is 2.81. The molecule has 2 atom stereocenters. The fourth-order valence-electron chi connectivity index (χ4n) is 1.58. The monoisotopic (exact) mass is 266 g/mol. The van der Waals surface area contributed by atoms with Crippen LogP contribution in [0.25, 0.3) is 0 Å². The number of carbonyl (C=O) groups excluding carboxylic acids is 1. The third-order valence-corrected chi connectivity index (χ3v) is 6.41. The van der Waals surface area contributed by atoms with Crippen molar-refractivity contribution < 1.29 is 18.5 Å². The Morgan fingerprint density at radius 2 is 2.31 bits per heavy atom. The van der Waals surface area contributed by atoms with Gasteiger partial charge in [0.25, 0.3) is 0 Å². The molecule has 1 fully saturated rings. The van der Waals surface area contributed by atoms with Gasteiger partial charge < -0.3 is 9.47 Å². The van der Waals surface area contributed by atoms with Gasteiger partial charge in [-0.3, -0.25) is 4.21 Å². The highest BCUT2D eigenvalue weighted by Gasteiger charge is 2.47. The third-order valence-electron chi connectivity index (χ3n) is 2.40. The quantitative estimate of drug-likeness (QED) is 0.699. The molecular formula is C10H18O4S2. The van der Waals surface area contributed by atoms with Crippen LogP contribution in [0, 0.1) is 0 Å². The molecule has 0 aliphatic carbocycles. The van der Waals surface area contributed by atoms with Crippen LogP contribution in [0.5, 0.6) is 0 Å². The van der Waals surface area contributed by atoms with E-state index < -0.39 is 14.9 Å². The van der Waals surface area contributed by atoms with E-state index in [1.54, 1.807) is 14.0 Å². The van der Waals surface area contributed by atoms with Gasteiger partial charge in [0.05, 0.1) is 6.61 Å². The standard InChI is InChI=1S/C10H18O4S2/c1-3-14-9(11)10(5-6-13-2)15-7-4-8-16(10)12/h3-8H2,1-2H3/t10-,16-/m0/s1. The molecule has 0 spiro atoms. The molecule has 16 heavy (non-hydrogen) atoms. The Hall–Kier alpha value is -0.0700. The van der Waals surface area contributed by atoms with Crippen LogP contribution >= 0.6 is 11.8 Å². The van der Waals surface area contributed by atoms with Crippen molar-refractivity contribution in [2.75, 3.05) is 31.8 Å². The second-order valence-electron chi connectivity index (χ2n) is 3.47. The largest absolute Gasteiger partial charge is 0.464 e. The molecule has 1 aliphatic heterocycles. The maximum absolute atomic E-state index is 12.1. The lowest BCUT2D eigenvalue weighted by Crippen LogP contribution is -2.45. The van der Waals surface area contributed by atoms with Gasteiger partial charge in [0, 0.05) is 36.7 Å². The van der Waals surface area contributed by atoms with E-state index in [9.17, 15) is 9.00 Å². The zero-order chi connectivity index (χ0) is 12.0. The molecule has 4 nitrogen and oxygen atoms in total. The summed E-state index contributed by atoms with van der Waals surface area (Å²) in [5.74, 6) is 1.08. The number of rotatable bonds is 5. The van der Waals surface area contributed by atoms with E-state index in [0.29, 0.717) is 25.4 Å². The van der Waals surface area contributed by atoms with E-state index in [0.717, 1.165) is 12.2 Å².